The summed E-state index contributed by atoms with van der Waals surface area (Å²) in [5, 5.41) is 3.81. The van der Waals surface area contributed by atoms with Crippen LogP contribution in [-0.2, 0) is 20.7 Å². The zero-order chi connectivity index (χ0) is 16.5. The summed E-state index contributed by atoms with van der Waals surface area (Å²) < 4.78 is 4.85. The van der Waals surface area contributed by atoms with E-state index in [1.807, 2.05) is 6.07 Å². The van der Waals surface area contributed by atoms with Gasteiger partial charge >= 0.3 is 0 Å². The summed E-state index contributed by atoms with van der Waals surface area (Å²) >= 11 is 11.9. The van der Waals surface area contributed by atoms with Crippen molar-refractivity contribution in [2.45, 2.75) is 13.3 Å². The largest absolute Gasteiger partial charge is 0.383 e. The van der Waals surface area contributed by atoms with Crippen LogP contribution in [0.4, 0.5) is 0 Å². The quantitative estimate of drug-likeness (QED) is 0.733. The maximum absolute atomic E-state index is 11.8. The van der Waals surface area contributed by atoms with Crippen molar-refractivity contribution in [3.63, 3.8) is 0 Å². The minimum Gasteiger partial charge on any atom is -0.383 e. The molecule has 0 unspecified atom stereocenters. The van der Waals surface area contributed by atoms with Crippen molar-refractivity contribution in [2.75, 3.05) is 33.4 Å². The average molecular weight is 347 g/mol. The Kier molecular flexibility index (Phi) is 8.24. The lowest BCUT2D eigenvalue weighted by molar-refractivity contribution is -0.134. The van der Waals surface area contributed by atoms with Crippen molar-refractivity contribution in [3.8, 4) is 0 Å². The number of hydrogen-bond donors (Lipinski definition) is 1. The van der Waals surface area contributed by atoms with E-state index in [2.05, 4.69) is 5.32 Å². The number of rotatable bonds is 8. The second-order valence-corrected chi connectivity index (χ2v) is 5.61. The normalized spacial score (nSPS) is 10.4. The summed E-state index contributed by atoms with van der Waals surface area (Å²) in [6.07, 6.45) is 0.556. The maximum Gasteiger partial charge on any atom is 0.239 e. The highest BCUT2D eigenvalue weighted by Crippen LogP contribution is 2.21. The third kappa shape index (κ3) is 6.64. The number of carbonyl (C=O) groups excluding carboxylic acids is 2. The van der Waals surface area contributed by atoms with Gasteiger partial charge in [-0.1, -0.05) is 29.3 Å². The van der Waals surface area contributed by atoms with E-state index >= 15 is 0 Å². The fraction of sp³-hybridized carbons (Fsp3) is 0.467. The molecule has 0 bridgehead atoms. The van der Waals surface area contributed by atoms with E-state index in [9.17, 15) is 9.59 Å². The summed E-state index contributed by atoms with van der Waals surface area (Å²) in [5.41, 5.74) is 0.886. The number of benzene rings is 1. The number of nitrogens with one attached hydrogen (secondary N) is 1. The third-order valence-electron chi connectivity index (χ3n) is 3.07. The molecular weight excluding hydrogens is 327 g/mol. The van der Waals surface area contributed by atoms with Crippen LogP contribution < -0.4 is 5.32 Å². The van der Waals surface area contributed by atoms with Gasteiger partial charge in [-0.05, 0) is 24.1 Å². The zero-order valence-corrected chi connectivity index (χ0v) is 14.2. The monoisotopic (exact) mass is 346 g/mol. The molecule has 0 aliphatic rings. The maximum atomic E-state index is 11.8. The van der Waals surface area contributed by atoms with Gasteiger partial charge in [-0.2, -0.15) is 0 Å². The summed E-state index contributed by atoms with van der Waals surface area (Å²) in [6.45, 7) is 2.72. The molecule has 0 spiro atoms. The number of methoxy groups -OCH3 is 1. The molecule has 1 aromatic carbocycles. The first-order valence-electron chi connectivity index (χ1n) is 6.89. The summed E-state index contributed by atoms with van der Waals surface area (Å²) in [4.78, 5) is 24.9. The van der Waals surface area contributed by atoms with Gasteiger partial charge in [0.25, 0.3) is 0 Å². The SMILES string of the molecule is COCCNC(=O)CN(CCc1ccc(Cl)cc1Cl)C(C)=O. The molecule has 0 radical (unpaired) electrons. The third-order valence-corrected chi connectivity index (χ3v) is 3.66. The second kappa shape index (κ2) is 9.66. The van der Waals surface area contributed by atoms with Crippen LogP contribution in [0.2, 0.25) is 10.0 Å². The molecule has 122 valence electrons. The Balaban J connectivity index is 2.53. The summed E-state index contributed by atoms with van der Waals surface area (Å²) in [5.74, 6) is -0.374. The minimum atomic E-state index is -0.213. The van der Waals surface area contributed by atoms with Gasteiger partial charge in [0.2, 0.25) is 11.8 Å². The Morgan fingerprint density at radius 3 is 2.64 bits per heavy atom. The molecule has 0 aliphatic carbocycles. The highest BCUT2D eigenvalue weighted by Gasteiger charge is 2.14. The standard InChI is InChI=1S/C15H20Cl2N2O3/c1-11(20)19(10-15(21)18-6-8-22-2)7-5-12-3-4-13(16)9-14(12)17/h3-4,9H,5-8,10H2,1-2H3,(H,18,21). The number of hydrogen-bond acceptors (Lipinski definition) is 3. The van der Waals surface area contributed by atoms with Gasteiger partial charge < -0.3 is 15.0 Å². The van der Waals surface area contributed by atoms with E-state index in [-0.39, 0.29) is 18.4 Å². The van der Waals surface area contributed by atoms with Gasteiger partial charge in [0.15, 0.2) is 0 Å². The summed E-state index contributed by atoms with van der Waals surface area (Å²) in [7, 11) is 1.56. The molecule has 0 heterocycles. The van der Waals surface area contributed by atoms with E-state index in [0.717, 1.165) is 5.56 Å². The average Bonchev–Trinajstić information content (AvgIpc) is 2.45. The molecule has 1 aromatic rings. The van der Waals surface area contributed by atoms with Crippen molar-refractivity contribution < 1.29 is 14.3 Å². The Labute approximate surface area is 140 Å². The molecule has 0 atom stereocenters. The molecule has 1 N–H and O–H groups in total. The van der Waals surface area contributed by atoms with Crippen molar-refractivity contribution >= 4 is 35.0 Å². The zero-order valence-electron chi connectivity index (χ0n) is 12.7. The lowest BCUT2D eigenvalue weighted by Crippen LogP contribution is -2.41. The number of ether oxygens (including phenoxy) is 1. The number of amides is 2. The molecule has 0 fully saturated rings. The van der Waals surface area contributed by atoms with Gasteiger partial charge in [0.05, 0.1) is 13.2 Å². The van der Waals surface area contributed by atoms with Crippen LogP contribution in [-0.4, -0.2) is 50.1 Å². The molecule has 22 heavy (non-hydrogen) atoms. The van der Waals surface area contributed by atoms with Crippen LogP contribution in [0.5, 0.6) is 0 Å². The van der Waals surface area contributed by atoms with E-state index < -0.39 is 0 Å². The van der Waals surface area contributed by atoms with Crippen LogP contribution in [0.3, 0.4) is 0 Å². The first-order valence-corrected chi connectivity index (χ1v) is 7.64. The van der Waals surface area contributed by atoms with Crippen molar-refractivity contribution in [1.82, 2.24) is 10.2 Å². The molecule has 2 amide bonds. The van der Waals surface area contributed by atoms with Gasteiger partial charge in [0, 0.05) is 37.2 Å². The Morgan fingerprint density at radius 1 is 1.32 bits per heavy atom. The second-order valence-electron chi connectivity index (χ2n) is 4.77. The summed E-state index contributed by atoms with van der Waals surface area (Å²) in [6, 6.07) is 5.23. The molecule has 0 saturated heterocycles. The van der Waals surface area contributed by atoms with Crippen LogP contribution in [0.25, 0.3) is 0 Å². The van der Waals surface area contributed by atoms with Crippen LogP contribution >= 0.6 is 23.2 Å². The number of carbonyl (C=O) groups is 2. The molecule has 7 heteroatoms. The van der Waals surface area contributed by atoms with Crippen molar-refractivity contribution in [2.24, 2.45) is 0 Å². The Morgan fingerprint density at radius 2 is 2.05 bits per heavy atom. The topological polar surface area (TPSA) is 58.6 Å². The molecule has 0 aliphatic heterocycles. The van der Waals surface area contributed by atoms with Crippen molar-refractivity contribution in [1.29, 1.82) is 0 Å². The first kappa shape index (κ1) is 18.7. The minimum absolute atomic E-state index is 0.0181. The van der Waals surface area contributed by atoms with Gasteiger partial charge in [-0.15, -0.1) is 0 Å². The van der Waals surface area contributed by atoms with Gasteiger partial charge in [-0.3, -0.25) is 9.59 Å². The van der Waals surface area contributed by atoms with Crippen LogP contribution in [0, 0.1) is 0 Å². The van der Waals surface area contributed by atoms with E-state index in [1.54, 1.807) is 19.2 Å². The van der Waals surface area contributed by atoms with E-state index in [1.165, 1.54) is 11.8 Å². The van der Waals surface area contributed by atoms with E-state index in [4.69, 9.17) is 27.9 Å². The Bertz CT molecular complexity index is 524. The smallest absolute Gasteiger partial charge is 0.239 e. The number of halogens is 2. The first-order chi connectivity index (χ1) is 10.4. The lowest BCUT2D eigenvalue weighted by atomic mass is 10.1. The highest BCUT2D eigenvalue weighted by atomic mass is 35.5. The Hall–Kier alpha value is -1.30. The van der Waals surface area contributed by atoms with Gasteiger partial charge in [-0.25, -0.2) is 0 Å². The lowest BCUT2D eigenvalue weighted by Gasteiger charge is -2.20. The van der Waals surface area contributed by atoms with Gasteiger partial charge in [0.1, 0.15) is 0 Å². The molecule has 1 rings (SSSR count). The highest BCUT2D eigenvalue weighted by molar-refractivity contribution is 6.35. The fourth-order valence-corrected chi connectivity index (χ4v) is 2.35. The predicted molar refractivity (Wildman–Crippen MR) is 87.3 cm³/mol. The number of nitrogens with zero attached hydrogens (tertiary/aromatic N) is 1. The molecule has 5 nitrogen and oxygen atoms in total. The molecular formula is C15H20Cl2N2O3. The molecule has 0 saturated carbocycles. The predicted octanol–water partition coefficient (Wildman–Crippen LogP) is 2.15. The van der Waals surface area contributed by atoms with Crippen LogP contribution in [0.1, 0.15) is 12.5 Å². The van der Waals surface area contributed by atoms with Crippen LogP contribution in [0.15, 0.2) is 18.2 Å². The molecule has 0 aromatic heterocycles. The van der Waals surface area contributed by atoms with E-state index in [0.29, 0.717) is 36.2 Å². The fourth-order valence-electron chi connectivity index (χ4n) is 1.85. The van der Waals surface area contributed by atoms with Crippen molar-refractivity contribution in [3.05, 3.63) is 33.8 Å².